The predicted octanol–water partition coefficient (Wildman–Crippen LogP) is 1.00. The van der Waals surface area contributed by atoms with Crippen LogP contribution in [0, 0.1) is 0 Å². The molecule has 0 bridgehead atoms. The smallest absolute Gasteiger partial charge is 0.241 e. The Labute approximate surface area is 139 Å². The van der Waals surface area contributed by atoms with Crippen LogP contribution in [0.1, 0.15) is 30.1 Å². The number of sulfonamides is 1. The molecule has 1 N–H and O–H groups in total. The van der Waals surface area contributed by atoms with Gasteiger partial charge < -0.3 is 9.47 Å². The normalized spacial score (nSPS) is 20.0. The second-order valence-electron chi connectivity index (χ2n) is 5.92. The topological polar surface area (TPSA) is 95.3 Å². The third-order valence-electron chi connectivity index (χ3n) is 4.28. The van der Waals surface area contributed by atoms with E-state index in [1.807, 2.05) is 10.9 Å². The highest BCUT2D eigenvalue weighted by molar-refractivity contribution is 7.89. The van der Waals surface area contributed by atoms with Gasteiger partial charge in [-0.3, -0.25) is 0 Å². The first-order valence-corrected chi connectivity index (χ1v) is 9.34. The summed E-state index contributed by atoms with van der Waals surface area (Å²) in [5.41, 5.74) is 1.46. The lowest BCUT2D eigenvalue weighted by Crippen LogP contribution is -2.20. The first-order chi connectivity index (χ1) is 11.6. The summed E-state index contributed by atoms with van der Waals surface area (Å²) in [4.78, 5) is 0.320. The predicted molar refractivity (Wildman–Crippen MR) is 83.9 cm³/mol. The Hall–Kier alpha value is -1.97. The van der Waals surface area contributed by atoms with Crippen LogP contribution < -0.4 is 9.46 Å². The average molecular weight is 350 g/mol. The fraction of sp³-hybridized carbons (Fsp3) is 0.467. The number of hydrogen-bond acceptors (Lipinski definition) is 6. The molecule has 0 aliphatic carbocycles. The summed E-state index contributed by atoms with van der Waals surface area (Å²) >= 11 is 0. The molecule has 2 aliphatic rings. The summed E-state index contributed by atoms with van der Waals surface area (Å²) < 4.78 is 38.9. The molecule has 0 atom stereocenters. The number of fused-ring (bicyclic) bond motifs is 1. The van der Waals surface area contributed by atoms with Crippen molar-refractivity contribution in [2.75, 3.05) is 13.2 Å². The Bertz CT molecular complexity index is 843. The lowest BCUT2D eigenvalue weighted by Gasteiger charge is -2.21. The minimum Gasteiger partial charge on any atom is -0.487 e. The summed E-state index contributed by atoms with van der Waals surface area (Å²) in [5.74, 6) is 0.619. The van der Waals surface area contributed by atoms with Crippen molar-refractivity contribution in [3.63, 3.8) is 0 Å². The monoisotopic (exact) mass is 350 g/mol. The van der Waals surface area contributed by atoms with Crippen LogP contribution in [0.3, 0.4) is 0 Å². The Morgan fingerprint density at radius 2 is 2.17 bits per heavy atom. The molecular formula is C15H18N4O4S. The van der Waals surface area contributed by atoms with Gasteiger partial charge in [0.25, 0.3) is 0 Å². The quantitative estimate of drug-likeness (QED) is 0.884. The van der Waals surface area contributed by atoms with Crippen LogP contribution in [0.5, 0.6) is 5.75 Å². The maximum absolute atomic E-state index is 11.7. The lowest BCUT2D eigenvalue weighted by atomic mass is 10.1. The molecule has 1 fully saturated rings. The number of benzene rings is 1. The number of rotatable bonds is 4. The Morgan fingerprint density at radius 1 is 1.33 bits per heavy atom. The van der Waals surface area contributed by atoms with Crippen LogP contribution in [-0.2, 0) is 27.9 Å². The minimum absolute atomic E-state index is 0.294. The van der Waals surface area contributed by atoms with Crippen LogP contribution in [0.15, 0.2) is 29.3 Å². The van der Waals surface area contributed by atoms with E-state index in [-0.39, 0.29) is 0 Å². The van der Waals surface area contributed by atoms with Crippen molar-refractivity contribution < 1.29 is 17.9 Å². The highest BCUT2D eigenvalue weighted by Crippen LogP contribution is 2.27. The molecule has 2 aliphatic heterocycles. The third kappa shape index (κ3) is 3.02. The molecule has 4 rings (SSSR count). The van der Waals surface area contributed by atoms with Gasteiger partial charge in [-0.1, -0.05) is 5.21 Å². The van der Waals surface area contributed by atoms with Crippen molar-refractivity contribution in [1.82, 2.24) is 19.7 Å². The molecule has 24 heavy (non-hydrogen) atoms. The fourth-order valence-electron chi connectivity index (χ4n) is 2.96. The molecule has 0 radical (unpaired) electrons. The van der Waals surface area contributed by atoms with Crippen LogP contribution in [0.25, 0.3) is 0 Å². The van der Waals surface area contributed by atoms with Gasteiger partial charge in [0.05, 0.1) is 17.1 Å². The van der Waals surface area contributed by atoms with Crippen LogP contribution in [0.4, 0.5) is 0 Å². The van der Waals surface area contributed by atoms with Gasteiger partial charge in [-0.05, 0) is 36.6 Å². The molecule has 0 spiro atoms. The van der Waals surface area contributed by atoms with Crippen molar-refractivity contribution in [2.45, 2.75) is 36.9 Å². The van der Waals surface area contributed by atoms with Crippen molar-refractivity contribution in [3.8, 4) is 5.75 Å². The first kappa shape index (κ1) is 15.6. The van der Waals surface area contributed by atoms with E-state index in [1.54, 1.807) is 18.2 Å². The highest BCUT2D eigenvalue weighted by atomic mass is 32.2. The van der Waals surface area contributed by atoms with E-state index in [4.69, 9.17) is 9.47 Å². The zero-order valence-electron chi connectivity index (χ0n) is 13.0. The van der Waals surface area contributed by atoms with Gasteiger partial charge >= 0.3 is 0 Å². The molecule has 0 unspecified atom stereocenters. The van der Waals surface area contributed by atoms with Gasteiger partial charge in [-0.2, -0.15) is 0 Å². The average Bonchev–Trinajstić information content (AvgIpc) is 3.19. The summed E-state index contributed by atoms with van der Waals surface area (Å²) in [5, 5.41) is 8.31. The second-order valence-corrected chi connectivity index (χ2v) is 7.65. The van der Waals surface area contributed by atoms with Gasteiger partial charge in [0, 0.05) is 19.8 Å². The van der Waals surface area contributed by atoms with Gasteiger partial charge in [0.2, 0.25) is 10.0 Å². The minimum atomic E-state index is -3.34. The molecule has 9 heteroatoms. The molecule has 1 aromatic carbocycles. The maximum Gasteiger partial charge on any atom is 0.241 e. The summed E-state index contributed by atoms with van der Waals surface area (Å²) in [6, 6.07) is 5.30. The van der Waals surface area contributed by atoms with E-state index in [0.717, 1.165) is 37.3 Å². The van der Waals surface area contributed by atoms with Crippen molar-refractivity contribution in [3.05, 3.63) is 35.7 Å². The number of nitrogens with one attached hydrogen (secondary N) is 1. The van der Waals surface area contributed by atoms with E-state index in [0.29, 0.717) is 29.8 Å². The van der Waals surface area contributed by atoms with E-state index in [1.165, 1.54) is 0 Å². The molecule has 3 heterocycles. The third-order valence-corrected chi connectivity index (χ3v) is 5.79. The van der Waals surface area contributed by atoms with Crippen molar-refractivity contribution in [1.29, 1.82) is 0 Å². The van der Waals surface area contributed by atoms with E-state index in [9.17, 15) is 8.42 Å². The van der Waals surface area contributed by atoms with Crippen molar-refractivity contribution in [2.24, 2.45) is 0 Å². The Morgan fingerprint density at radius 3 is 3.00 bits per heavy atom. The van der Waals surface area contributed by atoms with E-state index < -0.39 is 10.0 Å². The number of nitrogens with zero attached hydrogens (tertiary/aromatic N) is 3. The van der Waals surface area contributed by atoms with Gasteiger partial charge in [-0.25, -0.2) is 17.8 Å². The number of hydrogen-bond donors (Lipinski definition) is 1. The first-order valence-electron chi connectivity index (χ1n) is 7.86. The van der Waals surface area contributed by atoms with Crippen LogP contribution in [0.2, 0.25) is 0 Å². The zero-order valence-corrected chi connectivity index (χ0v) is 13.8. The van der Waals surface area contributed by atoms with Gasteiger partial charge in [0.1, 0.15) is 18.1 Å². The van der Waals surface area contributed by atoms with Gasteiger partial charge in [-0.15, -0.1) is 5.10 Å². The lowest BCUT2D eigenvalue weighted by molar-refractivity contribution is 0.0657. The van der Waals surface area contributed by atoms with E-state index in [2.05, 4.69) is 15.0 Å². The Kier molecular flexibility index (Phi) is 3.99. The van der Waals surface area contributed by atoms with Gasteiger partial charge in [0.15, 0.2) is 0 Å². The summed E-state index contributed by atoms with van der Waals surface area (Å²) in [7, 11) is -3.34. The number of aromatic nitrogens is 3. The molecule has 8 nitrogen and oxygen atoms in total. The SMILES string of the molecule is O=S1(=O)NCc2cc(OCc3cn(C4CCOCC4)nn3)ccc21. The second kappa shape index (κ2) is 6.15. The summed E-state index contributed by atoms with van der Waals surface area (Å²) in [6.07, 6.45) is 3.78. The van der Waals surface area contributed by atoms with Crippen LogP contribution >= 0.6 is 0 Å². The molecule has 2 aromatic rings. The zero-order chi connectivity index (χ0) is 16.6. The largest absolute Gasteiger partial charge is 0.487 e. The van der Waals surface area contributed by atoms with Crippen molar-refractivity contribution >= 4 is 10.0 Å². The highest BCUT2D eigenvalue weighted by Gasteiger charge is 2.25. The molecule has 1 aromatic heterocycles. The number of ether oxygens (including phenoxy) is 2. The molecule has 1 saturated heterocycles. The van der Waals surface area contributed by atoms with E-state index >= 15 is 0 Å². The Balaban J connectivity index is 1.41. The molecule has 0 amide bonds. The van der Waals surface area contributed by atoms with Crippen LogP contribution in [-0.4, -0.2) is 36.6 Å². The molecule has 0 saturated carbocycles. The molecule has 128 valence electrons. The fourth-order valence-corrected chi connectivity index (χ4v) is 4.19. The standard InChI is InChI=1S/C15H18N4O4S/c20-24(21)15-2-1-14(7-11(15)8-16-24)23-10-12-9-19(18-17-12)13-3-5-22-6-4-13/h1-2,7,9,13,16H,3-6,8,10H2. The molecular weight excluding hydrogens is 332 g/mol. The maximum atomic E-state index is 11.7. The summed E-state index contributed by atoms with van der Waals surface area (Å²) in [6.45, 7) is 2.10.